The minimum atomic E-state index is -0.151. The Balaban J connectivity index is 1.36. The van der Waals surface area contributed by atoms with Gasteiger partial charge in [0.25, 0.3) is 5.91 Å². The van der Waals surface area contributed by atoms with Crippen molar-refractivity contribution in [3.8, 4) is 0 Å². The third kappa shape index (κ3) is 4.37. The van der Waals surface area contributed by atoms with E-state index in [4.69, 9.17) is 9.15 Å². The lowest BCUT2D eigenvalue weighted by Gasteiger charge is -2.23. The molecule has 0 bridgehead atoms. The van der Waals surface area contributed by atoms with Gasteiger partial charge in [0.2, 0.25) is 0 Å². The van der Waals surface area contributed by atoms with Gasteiger partial charge in [0.1, 0.15) is 17.3 Å². The van der Waals surface area contributed by atoms with Crippen molar-refractivity contribution in [2.75, 3.05) is 11.9 Å². The Bertz CT molecular complexity index is 910. The highest BCUT2D eigenvalue weighted by molar-refractivity contribution is 5.95. The van der Waals surface area contributed by atoms with E-state index in [0.29, 0.717) is 12.1 Å². The number of nitrogens with one attached hydrogen (secondary N) is 4. The van der Waals surface area contributed by atoms with Crippen LogP contribution in [0.3, 0.4) is 0 Å². The smallest absolute Gasteiger partial charge is 0.251 e. The van der Waals surface area contributed by atoms with Crippen LogP contribution in [-0.4, -0.2) is 18.6 Å². The van der Waals surface area contributed by atoms with Crippen LogP contribution >= 0.6 is 0 Å². The molecule has 0 aliphatic carbocycles. The highest BCUT2D eigenvalue weighted by Gasteiger charge is 2.21. The molecule has 2 aliphatic rings. The van der Waals surface area contributed by atoms with E-state index in [9.17, 15) is 4.79 Å². The molecule has 1 amide bonds. The van der Waals surface area contributed by atoms with Crippen LogP contribution in [0.2, 0.25) is 0 Å². The van der Waals surface area contributed by atoms with Crippen LogP contribution in [0.5, 0.6) is 0 Å². The van der Waals surface area contributed by atoms with E-state index in [-0.39, 0.29) is 12.0 Å². The molecule has 2 aliphatic heterocycles. The number of furan rings is 1. The molecule has 0 saturated carbocycles. The molecule has 28 heavy (non-hydrogen) atoms. The molecule has 0 spiro atoms. The van der Waals surface area contributed by atoms with Gasteiger partial charge in [0, 0.05) is 17.9 Å². The van der Waals surface area contributed by atoms with Gasteiger partial charge in [-0.25, -0.2) is 0 Å². The number of carbonyl (C=O) groups is 1. The van der Waals surface area contributed by atoms with Crippen LogP contribution in [0.15, 0.2) is 64.5 Å². The van der Waals surface area contributed by atoms with Gasteiger partial charge in [-0.2, -0.15) is 0 Å². The van der Waals surface area contributed by atoms with Crippen LogP contribution in [0.25, 0.3) is 0 Å². The molecule has 146 valence electrons. The summed E-state index contributed by atoms with van der Waals surface area (Å²) >= 11 is 0. The van der Waals surface area contributed by atoms with E-state index in [1.807, 2.05) is 49.4 Å². The second kappa shape index (κ2) is 8.22. The van der Waals surface area contributed by atoms with E-state index in [1.165, 1.54) is 0 Å². The summed E-state index contributed by atoms with van der Waals surface area (Å²) in [5, 5.41) is 6.14. The fraction of sp³-hybridized carbons (Fsp3) is 0.286. The zero-order chi connectivity index (χ0) is 19.3. The summed E-state index contributed by atoms with van der Waals surface area (Å²) in [5.74, 6) is 2.21. The molecule has 7 nitrogen and oxygen atoms in total. The van der Waals surface area contributed by atoms with Gasteiger partial charge in [-0.05, 0) is 62.2 Å². The Morgan fingerprint density at radius 2 is 2.14 bits per heavy atom. The summed E-state index contributed by atoms with van der Waals surface area (Å²) in [5.41, 5.74) is 8.73. The number of amides is 1. The number of hydrogen-bond acceptors (Lipinski definition) is 6. The van der Waals surface area contributed by atoms with Gasteiger partial charge in [-0.1, -0.05) is 6.07 Å². The molecule has 1 aromatic carbocycles. The van der Waals surface area contributed by atoms with Gasteiger partial charge in [-0.3, -0.25) is 10.2 Å². The first kappa shape index (κ1) is 18.2. The lowest BCUT2D eigenvalue weighted by Crippen LogP contribution is -2.39. The second-order valence-corrected chi connectivity index (χ2v) is 6.85. The topological polar surface area (TPSA) is 87.6 Å². The summed E-state index contributed by atoms with van der Waals surface area (Å²) in [6.07, 6.45) is 6.23. The maximum absolute atomic E-state index is 12.4. The third-order valence-corrected chi connectivity index (χ3v) is 4.67. The molecular formula is C21H24N4O3. The largest absolute Gasteiger partial charge is 0.465 e. The van der Waals surface area contributed by atoms with Crippen molar-refractivity contribution in [1.29, 1.82) is 0 Å². The van der Waals surface area contributed by atoms with E-state index in [0.717, 1.165) is 48.2 Å². The number of rotatable bonds is 6. The van der Waals surface area contributed by atoms with E-state index in [2.05, 4.69) is 21.5 Å². The molecule has 1 unspecified atom stereocenters. The van der Waals surface area contributed by atoms with Crippen molar-refractivity contribution >= 4 is 11.6 Å². The van der Waals surface area contributed by atoms with Gasteiger partial charge in [-0.15, -0.1) is 0 Å². The molecule has 1 fully saturated rings. The average Bonchev–Trinajstić information content (AvgIpc) is 3.39. The Morgan fingerprint density at radius 1 is 1.21 bits per heavy atom. The fourth-order valence-corrected chi connectivity index (χ4v) is 3.22. The fourth-order valence-electron chi connectivity index (χ4n) is 3.22. The zero-order valence-corrected chi connectivity index (χ0v) is 15.7. The number of aryl methyl sites for hydroxylation is 1. The molecule has 2 aromatic rings. The highest BCUT2D eigenvalue weighted by Crippen LogP contribution is 2.20. The van der Waals surface area contributed by atoms with Crippen molar-refractivity contribution in [2.45, 2.75) is 32.4 Å². The average molecular weight is 380 g/mol. The Hall–Kier alpha value is -3.19. The predicted octanol–water partition coefficient (Wildman–Crippen LogP) is 2.94. The van der Waals surface area contributed by atoms with Crippen molar-refractivity contribution in [3.63, 3.8) is 0 Å². The molecule has 0 radical (unpaired) electrons. The molecule has 7 heteroatoms. The maximum atomic E-state index is 12.4. The Kier molecular flexibility index (Phi) is 5.34. The molecular weight excluding hydrogens is 356 g/mol. The lowest BCUT2D eigenvalue weighted by atomic mass is 10.1. The third-order valence-electron chi connectivity index (χ3n) is 4.67. The first-order valence-electron chi connectivity index (χ1n) is 9.43. The molecule has 1 aromatic heterocycles. The van der Waals surface area contributed by atoms with Gasteiger partial charge >= 0.3 is 0 Å². The number of hydrazine groups is 1. The zero-order valence-electron chi connectivity index (χ0n) is 15.7. The lowest BCUT2D eigenvalue weighted by molar-refractivity contribution is 0.0948. The van der Waals surface area contributed by atoms with Crippen molar-refractivity contribution < 1.29 is 13.9 Å². The van der Waals surface area contributed by atoms with E-state index in [1.54, 1.807) is 6.07 Å². The van der Waals surface area contributed by atoms with Crippen LogP contribution in [-0.2, 0) is 11.3 Å². The van der Waals surface area contributed by atoms with Crippen LogP contribution in [0, 0.1) is 6.92 Å². The molecule has 4 rings (SSSR count). The van der Waals surface area contributed by atoms with Crippen molar-refractivity contribution in [1.82, 2.24) is 16.2 Å². The molecule has 3 heterocycles. The number of carbonyl (C=O) groups excluding carboxylic acids is 1. The Labute approximate surface area is 163 Å². The van der Waals surface area contributed by atoms with Crippen LogP contribution < -0.4 is 21.5 Å². The van der Waals surface area contributed by atoms with Crippen molar-refractivity contribution in [2.24, 2.45) is 0 Å². The molecule has 1 atom stereocenters. The summed E-state index contributed by atoms with van der Waals surface area (Å²) in [6, 6.07) is 11.1. The predicted molar refractivity (Wildman–Crippen MR) is 106 cm³/mol. The maximum Gasteiger partial charge on any atom is 0.251 e. The number of ether oxygens (including phenoxy) is 1. The number of benzene rings is 1. The van der Waals surface area contributed by atoms with Gasteiger partial charge in [0.05, 0.1) is 18.3 Å². The minimum Gasteiger partial charge on any atom is -0.465 e. The first-order chi connectivity index (χ1) is 13.7. The molecule has 1 saturated heterocycles. The van der Waals surface area contributed by atoms with Crippen LogP contribution in [0.4, 0.5) is 5.69 Å². The highest BCUT2D eigenvalue weighted by atomic mass is 16.5. The summed E-state index contributed by atoms with van der Waals surface area (Å²) in [4.78, 5) is 12.4. The molecule has 4 N–H and O–H groups in total. The normalized spacial score (nSPS) is 18.5. The Morgan fingerprint density at radius 3 is 2.86 bits per heavy atom. The number of allylic oxidation sites excluding steroid dienone is 2. The SMILES string of the molecule is Cc1ccc(CNC(=O)c2cccc(NC3=CC=C(C4CCCO4)NN3)c2)o1. The summed E-state index contributed by atoms with van der Waals surface area (Å²) in [7, 11) is 0. The van der Waals surface area contributed by atoms with E-state index >= 15 is 0 Å². The monoisotopic (exact) mass is 380 g/mol. The van der Waals surface area contributed by atoms with E-state index < -0.39 is 0 Å². The number of hydrogen-bond donors (Lipinski definition) is 4. The van der Waals surface area contributed by atoms with Crippen molar-refractivity contribution in [3.05, 3.63) is 77.2 Å². The minimum absolute atomic E-state index is 0.135. The first-order valence-corrected chi connectivity index (χ1v) is 9.43. The standard InChI is InChI=1S/C21H24N4O3/c1-14-7-8-17(28-14)13-22-21(26)15-4-2-5-16(12-15)23-20-10-9-18(24-25-20)19-6-3-11-27-19/h2,4-5,7-10,12,19,23-25H,3,6,11,13H2,1H3,(H,22,26). The van der Waals surface area contributed by atoms with Gasteiger partial charge in [0.15, 0.2) is 0 Å². The summed E-state index contributed by atoms with van der Waals surface area (Å²) < 4.78 is 11.1. The van der Waals surface area contributed by atoms with Crippen LogP contribution in [0.1, 0.15) is 34.7 Å². The second-order valence-electron chi connectivity index (χ2n) is 6.85. The summed E-state index contributed by atoms with van der Waals surface area (Å²) in [6.45, 7) is 3.05. The van der Waals surface area contributed by atoms with Gasteiger partial charge < -0.3 is 25.2 Å². The quantitative estimate of drug-likeness (QED) is 0.616. The number of anilines is 1.